The van der Waals surface area contributed by atoms with Crippen molar-refractivity contribution in [3.05, 3.63) is 59.1 Å². The lowest BCUT2D eigenvalue weighted by Gasteiger charge is -2.06. The molecule has 0 atom stereocenters. The van der Waals surface area contributed by atoms with Crippen LogP contribution in [0.3, 0.4) is 0 Å². The van der Waals surface area contributed by atoms with E-state index in [2.05, 4.69) is 0 Å². The van der Waals surface area contributed by atoms with Crippen LogP contribution in [0.25, 0.3) is 0 Å². The Kier molecular flexibility index (Phi) is 4.12. The highest BCUT2D eigenvalue weighted by Gasteiger charge is 2.15. The number of ether oxygens (including phenoxy) is 1. The zero-order valence-corrected chi connectivity index (χ0v) is 11.9. The van der Waals surface area contributed by atoms with Gasteiger partial charge in [0.25, 0.3) is 0 Å². The van der Waals surface area contributed by atoms with Crippen LogP contribution in [-0.4, -0.2) is 15.5 Å². The van der Waals surface area contributed by atoms with Crippen LogP contribution in [-0.2, 0) is 15.6 Å². The summed E-state index contributed by atoms with van der Waals surface area (Å²) in [5.74, 6) is 0.579. The van der Waals surface area contributed by atoms with Crippen LogP contribution in [0.5, 0.6) is 5.75 Å². The molecule has 3 nitrogen and oxygen atoms in total. The van der Waals surface area contributed by atoms with E-state index in [-0.39, 0.29) is 10.6 Å². The third-order valence-corrected chi connectivity index (χ3v) is 4.62. The number of benzene rings is 2. The van der Waals surface area contributed by atoms with Crippen molar-refractivity contribution in [1.82, 2.24) is 0 Å². The largest absolute Gasteiger partial charge is 0.497 e. The Bertz CT molecular complexity index is 663. The molecular weight excluding hydrogens is 284 g/mol. The SMILES string of the molecule is COc1cccc(CS(=O)(=O)c2ccc(Cl)cc2)c1. The van der Waals surface area contributed by atoms with Crippen molar-refractivity contribution in [2.24, 2.45) is 0 Å². The average molecular weight is 297 g/mol. The molecule has 0 bridgehead atoms. The molecule has 100 valence electrons. The van der Waals surface area contributed by atoms with E-state index in [1.807, 2.05) is 0 Å². The van der Waals surface area contributed by atoms with Gasteiger partial charge in [0.2, 0.25) is 0 Å². The molecule has 0 saturated heterocycles. The summed E-state index contributed by atoms with van der Waals surface area (Å²) in [4.78, 5) is 0.264. The molecule has 5 heteroatoms. The van der Waals surface area contributed by atoms with Crippen molar-refractivity contribution in [2.75, 3.05) is 7.11 Å². The van der Waals surface area contributed by atoms with Crippen LogP contribution in [0.15, 0.2) is 53.4 Å². The van der Waals surface area contributed by atoms with E-state index >= 15 is 0 Å². The fourth-order valence-electron chi connectivity index (χ4n) is 1.71. The van der Waals surface area contributed by atoms with Crippen molar-refractivity contribution in [1.29, 1.82) is 0 Å². The second-order valence-electron chi connectivity index (χ2n) is 4.06. The highest BCUT2D eigenvalue weighted by Crippen LogP contribution is 2.21. The minimum atomic E-state index is -3.37. The standard InChI is InChI=1S/C14H13ClO3S/c1-18-13-4-2-3-11(9-13)10-19(16,17)14-7-5-12(15)6-8-14/h2-9H,10H2,1H3. The Hall–Kier alpha value is -1.52. The van der Waals surface area contributed by atoms with Crippen LogP contribution >= 0.6 is 11.6 Å². The molecule has 0 heterocycles. The summed E-state index contributed by atoms with van der Waals surface area (Å²) in [6.45, 7) is 0. The minimum absolute atomic E-state index is 0.0637. The fraction of sp³-hybridized carbons (Fsp3) is 0.143. The predicted molar refractivity (Wildman–Crippen MR) is 75.3 cm³/mol. The van der Waals surface area contributed by atoms with Gasteiger partial charge in [-0.15, -0.1) is 0 Å². The first-order chi connectivity index (χ1) is 9.01. The first-order valence-corrected chi connectivity index (χ1v) is 7.65. The highest BCUT2D eigenvalue weighted by molar-refractivity contribution is 7.90. The van der Waals surface area contributed by atoms with Crippen molar-refractivity contribution >= 4 is 21.4 Å². The van der Waals surface area contributed by atoms with Gasteiger partial charge in [-0.25, -0.2) is 8.42 Å². The number of hydrogen-bond acceptors (Lipinski definition) is 3. The van der Waals surface area contributed by atoms with E-state index < -0.39 is 9.84 Å². The van der Waals surface area contributed by atoms with Crippen molar-refractivity contribution in [3.63, 3.8) is 0 Å². The van der Waals surface area contributed by atoms with E-state index in [4.69, 9.17) is 16.3 Å². The summed E-state index contributed by atoms with van der Waals surface area (Å²) >= 11 is 5.75. The van der Waals surface area contributed by atoms with Crippen molar-refractivity contribution in [2.45, 2.75) is 10.6 Å². The van der Waals surface area contributed by atoms with Gasteiger partial charge in [-0.1, -0.05) is 23.7 Å². The quantitative estimate of drug-likeness (QED) is 0.869. The fourth-order valence-corrected chi connectivity index (χ4v) is 3.17. The van der Waals surface area contributed by atoms with Crippen LogP contribution in [0, 0.1) is 0 Å². The molecule has 0 fully saturated rings. The van der Waals surface area contributed by atoms with E-state index in [0.29, 0.717) is 16.3 Å². The maximum Gasteiger partial charge on any atom is 0.182 e. The Morgan fingerprint density at radius 2 is 1.79 bits per heavy atom. The minimum Gasteiger partial charge on any atom is -0.497 e. The summed E-state index contributed by atoms with van der Waals surface area (Å²) in [7, 11) is -1.82. The highest BCUT2D eigenvalue weighted by atomic mass is 35.5. The molecule has 0 unspecified atom stereocenters. The summed E-state index contributed by atoms with van der Waals surface area (Å²) in [5, 5.41) is 0.514. The zero-order chi connectivity index (χ0) is 13.9. The molecule has 0 radical (unpaired) electrons. The maximum absolute atomic E-state index is 12.2. The first kappa shape index (κ1) is 13.9. The lowest BCUT2D eigenvalue weighted by molar-refractivity contribution is 0.414. The molecule has 0 aliphatic rings. The summed E-state index contributed by atoms with van der Waals surface area (Å²) in [6, 6.07) is 13.2. The normalized spacial score (nSPS) is 11.3. The van der Waals surface area contributed by atoms with Crippen molar-refractivity contribution < 1.29 is 13.2 Å². The second-order valence-corrected chi connectivity index (χ2v) is 6.49. The summed E-state index contributed by atoms with van der Waals surface area (Å²) in [6.07, 6.45) is 0. The van der Waals surface area contributed by atoms with Gasteiger partial charge < -0.3 is 4.74 Å². The smallest absolute Gasteiger partial charge is 0.182 e. The van der Waals surface area contributed by atoms with Gasteiger partial charge in [0.05, 0.1) is 17.8 Å². The van der Waals surface area contributed by atoms with Gasteiger partial charge in [0.15, 0.2) is 9.84 Å². The average Bonchev–Trinajstić information content (AvgIpc) is 2.39. The van der Waals surface area contributed by atoms with Crippen LogP contribution in [0.4, 0.5) is 0 Å². The Balaban J connectivity index is 2.28. The third kappa shape index (κ3) is 3.49. The number of hydrogen-bond donors (Lipinski definition) is 0. The maximum atomic E-state index is 12.2. The Labute approximate surface area is 117 Å². The van der Waals surface area contributed by atoms with Gasteiger partial charge in [-0.3, -0.25) is 0 Å². The second kappa shape index (κ2) is 5.63. The first-order valence-electron chi connectivity index (χ1n) is 5.62. The summed E-state index contributed by atoms with van der Waals surface area (Å²) < 4.78 is 29.5. The predicted octanol–water partition coefficient (Wildman–Crippen LogP) is 3.32. The van der Waals surface area contributed by atoms with E-state index in [1.54, 1.807) is 43.5 Å². The molecule has 0 aliphatic carbocycles. The van der Waals surface area contributed by atoms with Gasteiger partial charge in [-0.05, 0) is 42.0 Å². The number of methoxy groups -OCH3 is 1. The number of halogens is 1. The van der Waals surface area contributed by atoms with E-state index in [0.717, 1.165) is 0 Å². The van der Waals surface area contributed by atoms with Crippen LogP contribution in [0.2, 0.25) is 5.02 Å². The van der Waals surface area contributed by atoms with Crippen LogP contribution in [0.1, 0.15) is 5.56 Å². The molecule has 0 saturated carbocycles. The third-order valence-electron chi connectivity index (χ3n) is 2.66. The molecule has 0 aromatic heterocycles. The molecule has 2 aromatic carbocycles. The topological polar surface area (TPSA) is 43.4 Å². The van der Waals surface area contributed by atoms with Gasteiger partial charge >= 0.3 is 0 Å². The Morgan fingerprint density at radius 3 is 2.42 bits per heavy atom. The summed E-state index contributed by atoms with van der Waals surface area (Å²) in [5.41, 5.74) is 0.689. The molecule has 0 amide bonds. The monoisotopic (exact) mass is 296 g/mol. The van der Waals surface area contributed by atoms with Crippen LogP contribution < -0.4 is 4.74 Å². The molecular formula is C14H13ClO3S. The molecule has 2 rings (SSSR count). The zero-order valence-electron chi connectivity index (χ0n) is 10.3. The van der Waals surface area contributed by atoms with Gasteiger partial charge in [-0.2, -0.15) is 0 Å². The molecule has 0 aliphatic heterocycles. The number of rotatable bonds is 4. The van der Waals surface area contributed by atoms with Gasteiger partial charge in [0, 0.05) is 5.02 Å². The van der Waals surface area contributed by atoms with E-state index in [9.17, 15) is 8.42 Å². The van der Waals surface area contributed by atoms with E-state index in [1.165, 1.54) is 12.1 Å². The molecule has 19 heavy (non-hydrogen) atoms. The Morgan fingerprint density at radius 1 is 1.11 bits per heavy atom. The molecule has 0 spiro atoms. The molecule has 2 aromatic rings. The van der Waals surface area contributed by atoms with Gasteiger partial charge in [0.1, 0.15) is 5.75 Å². The van der Waals surface area contributed by atoms with Crippen molar-refractivity contribution in [3.8, 4) is 5.75 Å². The number of sulfone groups is 1. The lowest BCUT2D eigenvalue weighted by atomic mass is 10.2. The lowest BCUT2D eigenvalue weighted by Crippen LogP contribution is -2.04. The molecule has 0 N–H and O–H groups in total.